The minimum absolute atomic E-state index is 0.0351. The third kappa shape index (κ3) is 3.12. The molecular formula is C17H16ClN3OS. The number of aromatic nitrogens is 2. The molecule has 1 fully saturated rings. The van der Waals surface area contributed by atoms with Gasteiger partial charge in [0.25, 0.3) is 0 Å². The number of carbonyl (C=O) groups is 1. The van der Waals surface area contributed by atoms with Crippen LogP contribution in [0.5, 0.6) is 0 Å². The van der Waals surface area contributed by atoms with E-state index in [1.165, 1.54) is 0 Å². The molecule has 23 heavy (non-hydrogen) atoms. The topological polar surface area (TPSA) is 57.8 Å². The maximum atomic E-state index is 12.5. The number of nitrogens with one attached hydrogen (secondary N) is 2. The van der Waals surface area contributed by atoms with Crippen LogP contribution < -0.4 is 5.32 Å². The molecule has 4 rings (SSSR count). The van der Waals surface area contributed by atoms with Gasteiger partial charge in [0.1, 0.15) is 5.01 Å². The lowest BCUT2D eigenvalue weighted by Crippen LogP contribution is -2.31. The molecule has 0 aliphatic heterocycles. The van der Waals surface area contributed by atoms with Gasteiger partial charge in [0.05, 0.1) is 12.5 Å². The lowest BCUT2D eigenvalue weighted by Gasteiger charge is -2.15. The molecule has 0 bridgehead atoms. The van der Waals surface area contributed by atoms with Crippen molar-refractivity contribution >= 4 is 39.7 Å². The van der Waals surface area contributed by atoms with Crippen LogP contribution in [0, 0.1) is 5.92 Å². The Hall–Kier alpha value is -1.85. The zero-order valence-electron chi connectivity index (χ0n) is 12.4. The van der Waals surface area contributed by atoms with Crippen LogP contribution in [-0.4, -0.2) is 15.9 Å². The van der Waals surface area contributed by atoms with E-state index in [2.05, 4.69) is 15.3 Å². The summed E-state index contributed by atoms with van der Waals surface area (Å²) in [5, 5.41) is 7.86. The summed E-state index contributed by atoms with van der Waals surface area (Å²) in [6.07, 6.45) is 6.36. The average Bonchev–Trinajstić information content (AvgIpc) is 3.08. The Balaban J connectivity index is 1.50. The van der Waals surface area contributed by atoms with Crippen LogP contribution >= 0.6 is 22.9 Å². The van der Waals surface area contributed by atoms with E-state index in [1.54, 1.807) is 17.5 Å². The summed E-state index contributed by atoms with van der Waals surface area (Å²) >= 11 is 7.60. The smallest absolute Gasteiger partial charge is 0.225 e. The number of aromatic amines is 1. The molecule has 1 atom stereocenters. The first kappa shape index (κ1) is 14.7. The molecule has 2 aromatic heterocycles. The van der Waals surface area contributed by atoms with Crippen LogP contribution in [0.2, 0.25) is 5.02 Å². The highest BCUT2D eigenvalue weighted by Gasteiger charge is 2.34. The first-order valence-electron chi connectivity index (χ1n) is 7.65. The van der Waals surface area contributed by atoms with Gasteiger partial charge in [-0.3, -0.25) is 4.79 Å². The van der Waals surface area contributed by atoms with E-state index >= 15 is 0 Å². The van der Waals surface area contributed by atoms with Crippen LogP contribution in [0.25, 0.3) is 10.9 Å². The Kier molecular flexibility index (Phi) is 3.83. The molecule has 0 saturated heterocycles. The van der Waals surface area contributed by atoms with Gasteiger partial charge in [0.15, 0.2) is 0 Å². The normalized spacial score (nSPS) is 15.7. The fourth-order valence-electron chi connectivity index (χ4n) is 2.90. The van der Waals surface area contributed by atoms with Gasteiger partial charge in [0.2, 0.25) is 5.91 Å². The number of hydrogen-bond donors (Lipinski definition) is 2. The number of nitrogens with zero attached hydrogens (tertiary/aromatic N) is 1. The zero-order valence-corrected chi connectivity index (χ0v) is 14.0. The molecule has 1 amide bonds. The molecule has 6 heteroatoms. The summed E-state index contributed by atoms with van der Waals surface area (Å²) in [6, 6.07) is 5.74. The Morgan fingerprint density at radius 2 is 2.35 bits per heavy atom. The molecule has 118 valence electrons. The molecule has 2 heterocycles. The summed E-state index contributed by atoms with van der Waals surface area (Å²) in [5.41, 5.74) is 1.95. The van der Waals surface area contributed by atoms with Crippen LogP contribution in [0.15, 0.2) is 36.0 Å². The number of fused-ring (bicyclic) bond motifs is 1. The SMILES string of the molecule is O=C(Cc1c[nH]c2cc(Cl)ccc12)N[C@H](c1nccs1)C1CC1. The molecule has 1 aliphatic carbocycles. The van der Waals surface area contributed by atoms with E-state index in [9.17, 15) is 4.79 Å². The van der Waals surface area contributed by atoms with Crippen molar-refractivity contribution < 1.29 is 4.79 Å². The molecule has 0 spiro atoms. The molecule has 2 N–H and O–H groups in total. The summed E-state index contributed by atoms with van der Waals surface area (Å²) in [6.45, 7) is 0. The Morgan fingerprint density at radius 1 is 1.48 bits per heavy atom. The van der Waals surface area contributed by atoms with Crippen LogP contribution in [0.4, 0.5) is 0 Å². The van der Waals surface area contributed by atoms with Crippen molar-refractivity contribution in [2.24, 2.45) is 5.92 Å². The van der Waals surface area contributed by atoms with Gasteiger partial charge in [-0.2, -0.15) is 0 Å². The highest BCUT2D eigenvalue weighted by molar-refractivity contribution is 7.09. The highest BCUT2D eigenvalue weighted by Crippen LogP contribution is 2.41. The standard InChI is InChI=1S/C17H16ClN3OS/c18-12-3-4-13-11(9-20-14(13)8-12)7-15(22)21-16(10-1-2-10)17-19-5-6-23-17/h3-6,8-10,16,20H,1-2,7H2,(H,21,22)/t16-/m0/s1. The van der Waals surface area contributed by atoms with Crippen molar-refractivity contribution in [1.29, 1.82) is 0 Å². The minimum atomic E-state index is 0.0351. The summed E-state index contributed by atoms with van der Waals surface area (Å²) in [4.78, 5) is 20.0. The molecular weight excluding hydrogens is 330 g/mol. The quantitative estimate of drug-likeness (QED) is 0.731. The van der Waals surface area contributed by atoms with Crippen molar-refractivity contribution in [2.75, 3.05) is 0 Å². The van der Waals surface area contributed by atoms with E-state index in [0.717, 1.165) is 34.3 Å². The fraction of sp³-hybridized carbons (Fsp3) is 0.294. The Bertz CT molecular complexity index is 839. The van der Waals surface area contributed by atoms with Gasteiger partial charge in [-0.25, -0.2) is 4.98 Å². The van der Waals surface area contributed by atoms with Gasteiger partial charge in [-0.15, -0.1) is 11.3 Å². The fourth-order valence-corrected chi connectivity index (χ4v) is 3.85. The van der Waals surface area contributed by atoms with Crippen molar-refractivity contribution in [1.82, 2.24) is 15.3 Å². The number of carbonyl (C=O) groups excluding carboxylic acids is 1. The number of halogens is 1. The summed E-state index contributed by atoms with van der Waals surface area (Å²) < 4.78 is 0. The third-order valence-corrected chi connectivity index (χ3v) is 5.30. The maximum absolute atomic E-state index is 12.5. The zero-order chi connectivity index (χ0) is 15.8. The van der Waals surface area contributed by atoms with Gasteiger partial charge in [0, 0.05) is 33.7 Å². The van der Waals surface area contributed by atoms with Crippen LogP contribution in [0.1, 0.15) is 29.5 Å². The van der Waals surface area contributed by atoms with Crippen molar-refractivity contribution in [3.8, 4) is 0 Å². The second-order valence-electron chi connectivity index (χ2n) is 5.93. The van der Waals surface area contributed by atoms with Crippen LogP contribution in [-0.2, 0) is 11.2 Å². The van der Waals surface area contributed by atoms with Gasteiger partial charge in [-0.05, 0) is 36.5 Å². The first-order chi connectivity index (χ1) is 11.2. The molecule has 1 saturated carbocycles. The van der Waals surface area contributed by atoms with Crippen LogP contribution in [0.3, 0.4) is 0 Å². The van der Waals surface area contributed by atoms with Gasteiger partial charge in [-0.1, -0.05) is 17.7 Å². The molecule has 0 unspecified atom stereocenters. The molecule has 3 aromatic rings. The van der Waals surface area contributed by atoms with Gasteiger partial charge < -0.3 is 10.3 Å². The van der Waals surface area contributed by atoms with E-state index in [1.807, 2.05) is 29.8 Å². The minimum Gasteiger partial charge on any atom is -0.361 e. The van der Waals surface area contributed by atoms with E-state index < -0.39 is 0 Å². The highest BCUT2D eigenvalue weighted by atomic mass is 35.5. The predicted molar refractivity (Wildman–Crippen MR) is 92.7 cm³/mol. The number of amides is 1. The van der Waals surface area contributed by atoms with Crippen molar-refractivity contribution in [3.63, 3.8) is 0 Å². The average molecular weight is 346 g/mol. The molecule has 1 aliphatic rings. The first-order valence-corrected chi connectivity index (χ1v) is 8.91. The number of rotatable bonds is 5. The maximum Gasteiger partial charge on any atom is 0.225 e. The van der Waals surface area contributed by atoms with Crippen molar-refractivity contribution in [3.05, 3.63) is 51.6 Å². The predicted octanol–water partition coefficient (Wildman–Crippen LogP) is 4.09. The lowest BCUT2D eigenvalue weighted by atomic mass is 10.1. The second kappa shape index (κ2) is 5.98. The molecule has 1 aromatic carbocycles. The number of H-pyrrole nitrogens is 1. The van der Waals surface area contributed by atoms with Gasteiger partial charge >= 0.3 is 0 Å². The van der Waals surface area contributed by atoms with Crippen molar-refractivity contribution in [2.45, 2.75) is 25.3 Å². The molecule has 0 radical (unpaired) electrons. The Morgan fingerprint density at radius 3 is 3.09 bits per heavy atom. The molecule has 4 nitrogen and oxygen atoms in total. The Labute approximate surface area is 142 Å². The summed E-state index contributed by atoms with van der Waals surface area (Å²) in [7, 11) is 0. The number of hydrogen-bond acceptors (Lipinski definition) is 3. The van der Waals surface area contributed by atoms with E-state index in [4.69, 9.17) is 11.6 Å². The third-order valence-electron chi connectivity index (χ3n) is 4.21. The number of thiazole rings is 1. The van der Waals surface area contributed by atoms with E-state index in [0.29, 0.717) is 17.4 Å². The number of benzene rings is 1. The monoisotopic (exact) mass is 345 g/mol. The van der Waals surface area contributed by atoms with E-state index in [-0.39, 0.29) is 11.9 Å². The second-order valence-corrected chi connectivity index (χ2v) is 7.30. The summed E-state index contributed by atoms with van der Waals surface area (Å²) in [5.74, 6) is 0.569. The largest absolute Gasteiger partial charge is 0.361 e. The lowest BCUT2D eigenvalue weighted by molar-refractivity contribution is -0.121.